The Labute approximate surface area is 553 Å². The number of unbranched alkanes of at least 4 members (excludes halogenated alkanes) is 3. The summed E-state index contributed by atoms with van der Waals surface area (Å²) in [4.78, 5) is 29.0. The van der Waals surface area contributed by atoms with Crippen LogP contribution in [0.2, 0.25) is 0 Å². The maximum Gasteiger partial charge on any atom is 1.00 e. The van der Waals surface area contributed by atoms with Gasteiger partial charge >= 0.3 is 519 Å². The fraction of sp³-hybridized carbons (Fsp3) is 0.254. The summed E-state index contributed by atoms with van der Waals surface area (Å²) in [5.74, 6) is 6.01. The summed E-state index contributed by atoms with van der Waals surface area (Å²) < 4.78 is 84.4. The van der Waals surface area contributed by atoms with Crippen molar-refractivity contribution in [2.45, 2.75) is 86.2 Å². The first-order valence-electron chi connectivity index (χ1n) is 27.9. The number of rotatable bonds is 12. The Bertz CT molecular complexity index is 4900. The van der Waals surface area contributed by atoms with E-state index in [0.29, 0.717) is 37.3 Å². The van der Waals surface area contributed by atoms with Crippen LogP contribution in [0.3, 0.4) is 0 Å². The van der Waals surface area contributed by atoms with E-state index in [1.54, 1.807) is 0 Å². The van der Waals surface area contributed by atoms with Gasteiger partial charge in [0.1, 0.15) is 0 Å². The fourth-order valence-corrected chi connectivity index (χ4v) is 16.1. The van der Waals surface area contributed by atoms with Gasteiger partial charge in [-0.3, -0.25) is 4.55 Å². The minimum Gasteiger partial charge on any atom is -0.726 e. The van der Waals surface area contributed by atoms with Gasteiger partial charge in [-0.05, 0) is 0 Å². The molecule has 1 radical (unpaired) electrons. The first-order chi connectivity index (χ1) is 40.6. The number of hydrogen-bond acceptors (Lipinski definition) is 15. The number of anilines is 1. The summed E-state index contributed by atoms with van der Waals surface area (Å²) in [6.45, 7) is 15.0. The van der Waals surface area contributed by atoms with E-state index in [9.17, 15) is 0 Å². The van der Waals surface area contributed by atoms with Crippen LogP contribution in [0.25, 0.3) is 64.6 Å². The average molecular weight is 1310 g/mol. The average Bonchev–Trinajstić information content (AvgIpc) is 1.55. The molecule has 0 fully saturated rings. The molecule has 8 aromatic carbocycles. The van der Waals surface area contributed by atoms with Crippen molar-refractivity contribution >= 4 is 138 Å². The fourth-order valence-electron chi connectivity index (χ4n) is 12.0. The number of ether oxygens (including phenoxy) is 3. The molecule has 0 aliphatic carbocycles. The van der Waals surface area contributed by atoms with Gasteiger partial charge in [0.15, 0.2) is 0 Å². The predicted molar refractivity (Wildman–Crippen MR) is 328 cm³/mol. The zero-order chi connectivity index (χ0) is 58.7. The van der Waals surface area contributed by atoms with Gasteiger partial charge in [-0.1, -0.05) is 0 Å². The molecule has 0 saturated carbocycles. The maximum atomic E-state index is 8.63. The number of nitrogens with one attached hydrogen (secondary N) is 1. The van der Waals surface area contributed by atoms with Gasteiger partial charge in [0.05, 0.1) is 0 Å². The van der Waals surface area contributed by atoms with Gasteiger partial charge < -0.3 is 4.55 Å². The zero-order valence-electron chi connectivity index (χ0n) is 48.9. The third-order valence-corrected chi connectivity index (χ3v) is 19.9. The minimum absolute atomic E-state index is 0. The molecule has 14 rings (SSSR count). The van der Waals surface area contributed by atoms with Gasteiger partial charge in [0.25, 0.3) is 0 Å². The molecule has 0 amide bonds. The first kappa shape index (κ1) is 63.1. The summed E-state index contributed by atoms with van der Waals surface area (Å²) >= 11 is -2.55. The Morgan fingerprint density at radius 1 is 0.616 bits per heavy atom. The SMILES string of the molecule is CCCCOc1c2c(c(C)c3ccccc13)C1=Nc3c4c(OCCCC)c5ccccc5c(C)c4c4[n]3[In][n]3c(c5c(C)c6ccccc6c(OCCCC)c5c3=NC2=N1)=NC1=NC(N4)c2cc3c[c-]ccc3cc21.O=S(=O)([O-])O.O=S(=O)=O.[Na+].[Na+]. The molecule has 18 nitrogen and oxygen atoms in total. The van der Waals surface area contributed by atoms with Gasteiger partial charge in [0.2, 0.25) is 10.4 Å². The van der Waals surface area contributed by atoms with Crippen molar-refractivity contribution in [3.63, 3.8) is 0 Å². The Hall–Kier alpha value is -5.95. The summed E-state index contributed by atoms with van der Waals surface area (Å²) in [6.07, 6.45) is 5.25. The van der Waals surface area contributed by atoms with Crippen LogP contribution in [0.15, 0.2) is 128 Å². The predicted octanol–water partition coefficient (Wildman–Crippen LogP) is 5.39. The molecule has 23 heteroatoms. The topological polar surface area (TPSA) is 240 Å². The van der Waals surface area contributed by atoms with E-state index in [0.717, 1.165) is 182 Å². The largest absolute Gasteiger partial charge is 1.00 e. The van der Waals surface area contributed by atoms with E-state index in [1.807, 2.05) is 6.07 Å². The Morgan fingerprint density at radius 2 is 1.10 bits per heavy atom. The van der Waals surface area contributed by atoms with Gasteiger partial charge in [-0.2, -0.15) is 0 Å². The third-order valence-electron chi connectivity index (χ3n) is 15.8. The van der Waals surface area contributed by atoms with E-state index in [1.165, 1.54) is 0 Å². The molecule has 0 spiro atoms. The van der Waals surface area contributed by atoms with Crippen LogP contribution in [0, 0.1) is 26.8 Å². The third kappa shape index (κ3) is 11.5. The molecule has 2 N–H and O–H groups in total. The summed E-state index contributed by atoms with van der Waals surface area (Å²) in [5.41, 5.74) is 8.74. The quantitative estimate of drug-likeness (QED) is 0.0517. The Balaban J connectivity index is 0.000000698. The van der Waals surface area contributed by atoms with Crippen LogP contribution in [0.5, 0.6) is 17.2 Å². The maximum absolute atomic E-state index is 8.63. The van der Waals surface area contributed by atoms with Crippen LogP contribution < -0.4 is 89.6 Å². The van der Waals surface area contributed by atoms with E-state index in [4.69, 9.17) is 69.3 Å². The molecular weight excluding hydrogens is 1250 g/mol. The molecule has 10 aromatic rings. The van der Waals surface area contributed by atoms with Crippen molar-refractivity contribution in [3.8, 4) is 17.2 Å². The first-order valence-corrected chi connectivity index (χ1v) is 33.2. The van der Waals surface area contributed by atoms with Crippen LogP contribution in [-0.2, 0) is 21.0 Å². The number of aliphatic imine (C=N–C) groups is 3. The van der Waals surface area contributed by atoms with Crippen molar-refractivity contribution in [3.05, 3.63) is 159 Å². The Kier molecular flexibility index (Phi) is 19.1. The number of benzene rings is 8. The zero-order valence-corrected chi connectivity index (χ0v) is 57.8. The number of aryl methyl sites for hydroxylation is 3. The molecular formula is C63H56InN8Na2O10S2. The van der Waals surface area contributed by atoms with Crippen molar-refractivity contribution in [1.29, 1.82) is 0 Å². The van der Waals surface area contributed by atoms with Crippen LogP contribution >= 0.6 is 0 Å². The summed E-state index contributed by atoms with van der Waals surface area (Å²) in [5, 5.41) is 16.8. The Morgan fingerprint density at radius 3 is 1.69 bits per heavy atom. The van der Waals surface area contributed by atoms with Crippen molar-refractivity contribution < 1.29 is 103 Å². The normalized spacial score (nSPS) is 14.0. The molecule has 1 atom stereocenters. The van der Waals surface area contributed by atoms with Gasteiger partial charge in [0, 0.05) is 0 Å². The van der Waals surface area contributed by atoms with E-state index in [2.05, 4.69) is 155 Å². The monoisotopic (exact) mass is 1310 g/mol. The molecule has 2 aromatic heterocycles. The number of nitrogens with zero attached hydrogens (tertiary/aromatic N) is 7. The van der Waals surface area contributed by atoms with Crippen LogP contribution in [0.4, 0.5) is 11.6 Å². The summed E-state index contributed by atoms with van der Waals surface area (Å²) in [6, 6.07) is 39.9. The van der Waals surface area contributed by atoms with Crippen LogP contribution in [-0.4, -0.2) is 96.1 Å². The number of aromatic nitrogens is 2. The van der Waals surface area contributed by atoms with E-state index >= 15 is 0 Å². The summed E-state index contributed by atoms with van der Waals surface area (Å²) in [7, 11) is -8.03. The smallest absolute Gasteiger partial charge is 0.726 e. The molecule has 86 heavy (non-hydrogen) atoms. The molecule has 6 bridgehead atoms. The molecule has 4 aliphatic heterocycles. The van der Waals surface area contributed by atoms with Crippen LogP contribution in [0.1, 0.15) is 104 Å². The van der Waals surface area contributed by atoms with Crippen molar-refractivity contribution in [2.24, 2.45) is 25.0 Å². The standard InChI is InChI=1S/C63H55N8O3.In.2Na.H2O4S.O3S/c1-7-10-29-72-53-42-26-18-15-23-39(42)34(4)47-50(53)61-67-58(47)65-56-45-32-37-21-13-14-22-38(37)33-46(45)57(64-56)66-59-48-35(5)40-24-16-19-27-43(40)54(73-30-11-8-2)51(48)62(68-59)71-63-52-49(60(69-61)70-63)36(6)41-25-17-20-28-44(41)55(52)74-31-12-9-3;;;;1-5(2,3)4;1-4(2)3/h14-28,32-33,56,65H,7-12,29-31H2,1-6H3;;;;(H2,1,2,3,4);/q-3;+2;2*+1;;/p-1. The number of hydrogen-bond donors (Lipinski definition) is 2. The second kappa shape index (κ2) is 26.0. The second-order valence-electron chi connectivity index (χ2n) is 21.0. The molecule has 6 heterocycles. The molecule has 0 saturated heterocycles. The van der Waals surface area contributed by atoms with E-state index in [-0.39, 0.29) is 59.1 Å². The second-order valence-corrected chi connectivity index (χ2v) is 25.8. The van der Waals surface area contributed by atoms with Gasteiger partial charge in [-0.25, -0.2) is 8.42 Å². The van der Waals surface area contributed by atoms with Crippen molar-refractivity contribution in [2.75, 3.05) is 25.1 Å². The number of amidine groups is 3. The molecule has 425 valence electrons. The van der Waals surface area contributed by atoms with E-state index < -0.39 is 50.7 Å². The number of fused-ring (bicyclic) bond motifs is 18. The molecule has 4 aliphatic rings. The van der Waals surface area contributed by atoms with Gasteiger partial charge in [-0.15, -0.1) is 12.6 Å². The molecule has 1 unspecified atom stereocenters. The minimum atomic E-state index is -4.92. The van der Waals surface area contributed by atoms with Crippen molar-refractivity contribution in [1.82, 2.24) is 5.11 Å².